The third kappa shape index (κ3) is 4.74. The van der Waals surface area contributed by atoms with Gasteiger partial charge in [0.25, 0.3) is 0 Å². The molecule has 2 atom stereocenters. The predicted molar refractivity (Wildman–Crippen MR) is 82.7 cm³/mol. The lowest BCUT2D eigenvalue weighted by molar-refractivity contribution is -0.122. The van der Waals surface area contributed by atoms with Crippen LogP contribution in [0.25, 0.3) is 0 Å². The fraction of sp³-hybridized carbons (Fsp3) is 0.938. The van der Waals surface area contributed by atoms with Crippen molar-refractivity contribution in [2.45, 2.75) is 52.0 Å². The van der Waals surface area contributed by atoms with Crippen LogP contribution in [0.3, 0.4) is 0 Å². The molecule has 0 saturated carbocycles. The minimum absolute atomic E-state index is 0.231. The molecule has 0 radical (unpaired) electrons. The quantitative estimate of drug-likeness (QED) is 0.805. The van der Waals surface area contributed by atoms with Crippen LogP contribution in [-0.2, 0) is 4.79 Å². The number of nitrogens with one attached hydrogen (secondary N) is 2. The number of piperidine rings is 2. The summed E-state index contributed by atoms with van der Waals surface area (Å²) in [4.78, 5) is 14.6. The fourth-order valence-corrected chi connectivity index (χ4v) is 3.42. The van der Waals surface area contributed by atoms with Crippen LogP contribution in [0.1, 0.15) is 46.0 Å². The molecule has 2 fully saturated rings. The Morgan fingerprint density at radius 1 is 1.30 bits per heavy atom. The average Bonchev–Trinajstić information content (AvgIpc) is 2.48. The zero-order valence-electron chi connectivity index (χ0n) is 13.2. The summed E-state index contributed by atoms with van der Waals surface area (Å²) >= 11 is 0. The molecule has 0 spiro atoms. The Labute approximate surface area is 123 Å². The molecule has 0 aromatic carbocycles. The molecule has 1 amide bonds. The topological polar surface area (TPSA) is 44.4 Å². The number of likely N-dealkylation sites (tertiary alicyclic amines) is 1. The van der Waals surface area contributed by atoms with Crippen LogP contribution >= 0.6 is 0 Å². The third-order valence-electron chi connectivity index (χ3n) is 5.08. The summed E-state index contributed by atoms with van der Waals surface area (Å²) < 4.78 is 0. The highest BCUT2D eigenvalue weighted by Crippen LogP contribution is 2.18. The monoisotopic (exact) mass is 281 g/mol. The van der Waals surface area contributed by atoms with E-state index in [4.69, 9.17) is 0 Å². The summed E-state index contributed by atoms with van der Waals surface area (Å²) in [5, 5.41) is 6.64. The minimum Gasteiger partial charge on any atom is -0.356 e. The largest absolute Gasteiger partial charge is 0.356 e. The first-order chi connectivity index (χ1) is 9.69. The SMILES string of the molecule is CCN1CCC(CNC(=O)CC2NCCCC2C)CC1. The van der Waals surface area contributed by atoms with Crippen molar-refractivity contribution in [3.63, 3.8) is 0 Å². The van der Waals surface area contributed by atoms with Gasteiger partial charge in [0.1, 0.15) is 0 Å². The number of nitrogens with zero attached hydrogens (tertiary/aromatic N) is 1. The Bertz CT molecular complexity index is 300. The summed E-state index contributed by atoms with van der Waals surface area (Å²) in [5.74, 6) is 1.54. The second kappa shape index (κ2) is 7.99. The first-order valence-corrected chi connectivity index (χ1v) is 8.41. The van der Waals surface area contributed by atoms with Crippen LogP contribution in [0.15, 0.2) is 0 Å². The lowest BCUT2D eigenvalue weighted by Gasteiger charge is -2.32. The first-order valence-electron chi connectivity index (χ1n) is 8.41. The van der Waals surface area contributed by atoms with Gasteiger partial charge in [0.2, 0.25) is 5.91 Å². The van der Waals surface area contributed by atoms with E-state index >= 15 is 0 Å². The van der Waals surface area contributed by atoms with Gasteiger partial charge in [0.15, 0.2) is 0 Å². The fourth-order valence-electron chi connectivity index (χ4n) is 3.42. The van der Waals surface area contributed by atoms with E-state index in [1.807, 2.05) is 0 Å². The van der Waals surface area contributed by atoms with Gasteiger partial charge in [-0.1, -0.05) is 13.8 Å². The number of carbonyl (C=O) groups is 1. The molecule has 116 valence electrons. The molecule has 2 heterocycles. The Morgan fingerprint density at radius 3 is 2.70 bits per heavy atom. The van der Waals surface area contributed by atoms with Crippen molar-refractivity contribution in [1.82, 2.24) is 15.5 Å². The van der Waals surface area contributed by atoms with E-state index in [1.54, 1.807) is 0 Å². The molecule has 2 rings (SSSR count). The van der Waals surface area contributed by atoms with Crippen molar-refractivity contribution in [3.8, 4) is 0 Å². The van der Waals surface area contributed by atoms with Crippen LogP contribution in [-0.4, -0.2) is 49.6 Å². The lowest BCUT2D eigenvalue weighted by atomic mass is 9.90. The third-order valence-corrected chi connectivity index (χ3v) is 5.08. The second-order valence-corrected chi connectivity index (χ2v) is 6.57. The van der Waals surface area contributed by atoms with Crippen molar-refractivity contribution in [2.24, 2.45) is 11.8 Å². The Morgan fingerprint density at radius 2 is 2.05 bits per heavy atom. The smallest absolute Gasteiger partial charge is 0.221 e. The van der Waals surface area contributed by atoms with Gasteiger partial charge >= 0.3 is 0 Å². The summed E-state index contributed by atoms with van der Waals surface area (Å²) in [6.45, 7) is 9.96. The molecule has 2 aliphatic rings. The Kier molecular flexibility index (Phi) is 6.30. The normalized spacial score (nSPS) is 29.3. The first kappa shape index (κ1) is 15.8. The molecular formula is C16H31N3O. The highest BCUT2D eigenvalue weighted by molar-refractivity contribution is 5.76. The van der Waals surface area contributed by atoms with Crippen molar-refractivity contribution >= 4 is 5.91 Å². The maximum absolute atomic E-state index is 12.1. The summed E-state index contributed by atoms with van der Waals surface area (Å²) in [6.07, 6.45) is 5.60. The number of rotatable bonds is 5. The standard InChI is InChI=1S/C16H31N3O/c1-3-19-9-6-14(7-10-19)12-18-16(20)11-15-13(2)5-4-8-17-15/h13-15,17H,3-12H2,1-2H3,(H,18,20). The molecule has 4 heteroatoms. The molecule has 0 aromatic heterocycles. The highest BCUT2D eigenvalue weighted by atomic mass is 16.1. The van der Waals surface area contributed by atoms with Crippen molar-refractivity contribution in [3.05, 3.63) is 0 Å². The van der Waals surface area contributed by atoms with Gasteiger partial charge in [-0.05, 0) is 63.7 Å². The molecule has 0 bridgehead atoms. The van der Waals surface area contributed by atoms with E-state index in [0.29, 0.717) is 24.3 Å². The molecule has 0 aromatic rings. The number of amides is 1. The van der Waals surface area contributed by atoms with E-state index in [2.05, 4.69) is 29.4 Å². The Balaban J connectivity index is 1.62. The van der Waals surface area contributed by atoms with E-state index in [9.17, 15) is 4.79 Å². The highest BCUT2D eigenvalue weighted by Gasteiger charge is 2.24. The van der Waals surface area contributed by atoms with Gasteiger partial charge in [-0.2, -0.15) is 0 Å². The van der Waals surface area contributed by atoms with E-state index in [-0.39, 0.29) is 5.91 Å². The van der Waals surface area contributed by atoms with Gasteiger partial charge in [-0.15, -0.1) is 0 Å². The molecule has 2 N–H and O–H groups in total. The van der Waals surface area contributed by atoms with Crippen LogP contribution in [0, 0.1) is 11.8 Å². The van der Waals surface area contributed by atoms with E-state index < -0.39 is 0 Å². The Hall–Kier alpha value is -0.610. The van der Waals surface area contributed by atoms with Crippen molar-refractivity contribution in [2.75, 3.05) is 32.7 Å². The van der Waals surface area contributed by atoms with Gasteiger partial charge in [0.05, 0.1) is 0 Å². The predicted octanol–water partition coefficient (Wildman–Crippen LogP) is 1.61. The summed E-state index contributed by atoms with van der Waals surface area (Å²) in [7, 11) is 0. The molecule has 4 nitrogen and oxygen atoms in total. The van der Waals surface area contributed by atoms with Crippen LogP contribution in [0.5, 0.6) is 0 Å². The minimum atomic E-state index is 0.231. The van der Waals surface area contributed by atoms with Gasteiger partial charge in [0, 0.05) is 19.0 Å². The number of hydrogen-bond donors (Lipinski definition) is 2. The maximum atomic E-state index is 12.1. The van der Waals surface area contributed by atoms with Gasteiger partial charge in [-0.25, -0.2) is 0 Å². The molecule has 2 unspecified atom stereocenters. The van der Waals surface area contributed by atoms with Gasteiger partial charge in [-0.3, -0.25) is 4.79 Å². The van der Waals surface area contributed by atoms with Crippen molar-refractivity contribution in [1.29, 1.82) is 0 Å². The van der Waals surface area contributed by atoms with Crippen molar-refractivity contribution < 1.29 is 4.79 Å². The lowest BCUT2D eigenvalue weighted by Crippen LogP contribution is -2.44. The average molecular weight is 281 g/mol. The second-order valence-electron chi connectivity index (χ2n) is 6.57. The summed E-state index contributed by atoms with van der Waals surface area (Å²) in [6, 6.07) is 0.380. The molecule has 20 heavy (non-hydrogen) atoms. The zero-order valence-corrected chi connectivity index (χ0v) is 13.2. The summed E-state index contributed by atoms with van der Waals surface area (Å²) in [5.41, 5.74) is 0. The number of hydrogen-bond acceptors (Lipinski definition) is 3. The van der Waals surface area contributed by atoms with Gasteiger partial charge < -0.3 is 15.5 Å². The maximum Gasteiger partial charge on any atom is 0.221 e. The van der Waals surface area contributed by atoms with E-state index in [0.717, 1.165) is 19.6 Å². The molecular weight excluding hydrogens is 250 g/mol. The zero-order chi connectivity index (χ0) is 14.4. The van der Waals surface area contributed by atoms with Crippen LogP contribution < -0.4 is 10.6 Å². The van der Waals surface area contributed by atoms with E-state index in [1.165, 1.54) is 38.8 Å². The molecule has 0 aliphatic carbocycles. The molecule has 2 saturated heterocycles. The molecule has 2 aliphatic heterocycles. The van der Waals surface area contributed by atoms with Crippen LogP contribution in [0.2, 0.25) is 0 Å². The van der Waals surface area contributed by atoms with Crippen LogP contribution in [0.4, 0.5) is 0 Å². The number of carbonyl (C=O) groups excluding carboxylic acids is 1.